The number of carbonyl (C=O) groups excluding carboxylic acids is 2. The molecule has 1 aliphatic heterocycles. The number of hydrazine groups is 1. The lowest BCUT2D eigenvalue weighted by atomic mass is 9.97. The van der Waals surface area contributed by atoms with Crippen LogP contribution < -0.4 is 10.4 Å². The van der Waals surface area contributed by atoms with E-state index in [0.717, 1.165) is 28.6 Å². The molecule has 9 heteroatoms. The number of nitrogens with one attached hydrogen (secondary N) is 1. The topological polar surface area (TPSA) is 78.4 Å². The van der Waals surface area contributed by atoms with Crippen LogP contribution in [-0.2, 0) is 0 Å². The van der Waals surface area contributed by atoms with E-state index in [1.54, 1.807) is 35.8 Å². The number of pyridine rings is 1. The number of piperidine rings is 1. The Kier molecular flexibility index (Phi) is 7.97. The minimum atomic E-state index is -0.234. The first-order valence-electron chi connectivity index (χ1n) is 11.1. The first kappa shape index (κ1) is 24.0. The summed E-state index contributed by atoms with van der Waals surface area (Å²) in [5.74, 6) is 0.732. The van der Waals surface area contributed by atoms with Crippen LogP contribution in [-0.4, -0.2) is 52.6 Å². The highest BCUT2D eigenvalue weighted by molar-refractivity contribution is 7.99. The minimum Gasteiger partial charge on any atom is -0.339 e. The highest BCUT2D eigenvalue weighted by Gasteiger charge is 2.28. The third-order valence-corrected chi connectivity index (χ3v) is 7.65. The molecule has 0 bridgehead atoms. The first-order chi connectivity index (χ1) is 16.6. The molecule has 2 amide bonds. The molecule has 3 aromatic rings. The Morgan fingerprint density at radius 3 is 2.74 bits per heavy atom. The van der Waals surface area contributed by atoms with Gasteiger partial charge in [-0.25, -0.2) is 9.97 Å². The summed E-state index contributed by atoms with van der Waals surface area (Å²) in [7, 11) is 1.80. The van der Waals surface area contributed by atoms with Crippen LogP contribution in [0, 0.1) is 0 Å². The van der Waals surface area contributed by atoms with Gasteiger partial charge in [0, 0.05) is 43.4 Å². The number of para-hydroxylation sites is 1. The van der Waals surface area contributed by atoms with Gasteiger partial charge in [0.1, 0.15) is 10.7 Å². The molecule has 0 aliphatic carbocycles. The van der Waals surface area contributed by atoms with E-state index in [1.165, 1.54) is 23.1 Å². The zero-order chi connectivity index (χ0) is 23.9. The van der Waals surface area contributed by atoms with E-state index in [1.807, 2.05) is 41.3 Å². The molecule has 1 saturated heterocycles. The molecular weight excluding hydrogens is 466 g/mol. The molecule has 0 unspecified atom stereocenters. The van der Waals surface area contributed by atoms with Gasteiger partial charge in [-0.15, -0.1) is 29.7 Å². The maximum Gasteiger partial charge on any atom is 0.289 e. The van der Waals surface area contributed by atoms with Gasteiger partial charge in [-0.1, -0.05) is 24.3 Å². The van der Waals surface area contributed by atoms with Gasteiger partial charge in [0.2, 0.25) is 0 Å². The number of amides is 2. The van der Waals surface area contributed by atoms with Gasteiger partial charge in [-0.2, -0.15) is 0 Å². The molecule has 1 N–H and O–H groups in total. The normalized spacial score (nSPS) is 14.0. The molecule has 2 aromatic heterocycles. The zero-order valence-corrected chi connectivity index (χ0v) is 20.6. The number of thioether (sulfide) groups is 1. The van der Waals surface area contributed by atoms with Crippen LogP contribution in [0.1, 0.15) is 44.6 Å². The second-order valence-corrected chi connectivity index (χ2v) is 9.83. The Morgan fingerprint density at radius 2 is 2.00 bits per heavy atom. The number of nitrogens with zero attached hydrogens (tertiary/aromatic N) is 4. The number of rotatable bonds is 8. The zero-order valence-electron chi connectivity index (χ0n) is 19.0. The summed E-state index contributed by atoms with van der Waals surface area (Å²) in [6, 6.07) is 13.3. The average Bonchev–Trinajstić information content (AvgIpc) is 3.38. The van der Waals surface area contributed by atoms with Crippen molar-refractivity contribution in [2.24, 2.45) is 0 Å². The average molecular weight is 494 g/mol. The highest BCUT2D eigenvalue weighted by Crippen LogP contribution is 2.31. The summed E-state index contributed by atoms with van der Waals surface area (Å²) in [5, 5.41) is 5.18. The van der Waals surface area contributed by atoms with E-state index < -0.39 is 0 Å². The van der Waals surface area contributed by atoms with Gasteiger partial charge in [0.25, 0.3) is 11.8 Å². The van der Waals surface area contributed by atoms with E-state index in [2.05, 4.69) is 22.0 Å². The lowest BCUT2D eigenvalue weighted by Crippen LogP contribution is -2.39. The molecule has 34 heavy (non-hydrogen) atoms. The Labute approximate surface area is 207 Å². The van der Waals surface area contributed by atoms with Crippen molar-refractivity contribution in [1.29, 1.82) is 0 Å². The van der Waals surface area contributed by atoms with Crippen LogP contribution in [0.4, 0.5) is 5.69 Å². The summed E-state index contributed by atoms with van der Waals surface area (Å²) < 4.78 is 0. The molecule has 3 heterocycles. The largest absolute Gasteiger partial charge is 0.339 e. The van der Waals surface area contributed by atoms with E-state index in [-0.39, 0.29) is 17.7 Å². The standard InChI is InChI=1S/C25H27N5O2S2/c1-3-16-33-24-20(10-7-13-26-24)25(32)30-14-11-18(12-15-30)23-27-21(17-34-23)22(31)28-29(2)19-8-5-4-6-9-19/h3-10,13,17-18H,1,11-12,14-16H2,2H3,(H,28,31). The van der Waals surface area contributed by atoms with Crippen LogP contribution in [0.15, 0.2) is 71.7 Å². The van der Waals surface area contributed by atoms with Crippen LogP contribution >= 0.6 is 23.1 Å². The smallest absolute Gasteiger partial charge is 0.289 e. The fourth-order valence-corrected chi connectivity index (χ4v) is 5.50. The van der Waals surface area contributed by atoms with Crippen LogP contribution in [0.25, 0.3) is 0 Å². The Balaban J connectivity index is 1.34. The van der Waals surface area contributed by atoms with E-state index in [4.69, 9.17) is 0 Å². The minimum absolute atomic E-state index is 0.0151. The molecule has 4 rings (SSSR count). The van der Waals surface area contributed by atoms with Gasteiger partial charge >= 0.3 is 0 Å². The number of benzene rings is 1. The molecule has 1 fully saturated rings. The van der Waals surface area contributed by atoms with Crippen molar-refractivity contribution in [3.8, 4) is 0 Å². The SMILES string of the molecule is C=CCSc1ncccc1C(=O)N1CCC(c2nc(C(=O)NN(C)c3ccccc3)cs2)CC1. The number of hydrogen-bond donors (Lipinski definition) is 1. The van der Waals surface area contributed by atoms with Crippen molar-refractivity contribution in [3.05, 3.63) is 83.0 Å². The number of likely N-dealkylation sites (tertiary alicyclic amines) is 1. The van der Waals surface area contributed by atoms with Crippen molar-refractivity contribution < 1.29 is 9.59 Å². The maximum atomic E-state index is 13.1. The molecule has 0 saturated carbocycles. The number of aromatic nitrogens is 2. The van der Waals surface area contributed by atoms with Gasteiger partial charge in [0.15, 0.2) is 0 Å². The van der Waals surface area contributed by atoms with Crippen molar-refractivity contribution >= 4 is 40.6 Å². The third-order valence-electron chi connectivity index (χ3n) is 5.64. The lowest BCUT2D eigenvalue weighted by molar-refractivity contribution is 0.0708. The van der Waals surface area contributed by atoms with E-state index >= 15 is 0 Å². The highest BCUT2D eigenvalue weighted by atomic mass is 32.2. The maximum absolute atomic E-state index is 13.1. The molecule has 1 aliphatic rings. The first-order valence-corrected chi connectivity index (χ1v) is 13.0. The van der Waals surface area contributed by atoms with Gasteiger partial charge in [0.05, 0.1) is 16.3 Å². The third kappa shape index (κ3) is 5.66. The molecule has 0 spiro atoms. The number of carbonyl (C=O) groups is 2. The predicted octanol–water partition coefficient (Wildman–Crippen LogP) is 4.62. The Hall–Kier alpha value is -3.17. The summed E-state index contributed by atoms with van der Waals surface area (Å²) in [5.41, 5.74) is 4.81. The Morgan fingerprint density at radius 1 is 1.24 bits per heavy atom. The monoisotopic (exact) mass is 493 g/mol. The second kappa shape index (κ2) is 11.3. The van der Waals surface area contributed by atoms with Crippen molar-refractivity contribution in [2.45, 2.75) is 23.8 Å². The van der Waals surface area contributed by atoms with Gasteiger partial charge in [-0.3, -0.25) is 20.0 Å². The fraction of sp³-hybridized carbons (Fsp3) is 0.280. The van der Waals surface area contributed by atoms with E-state index in [9.17, 15) is 9.59 Å². The number of thiazole rings is 1. The molecule has 0 atom stereocenters. The molecular formula is C25H27N5O2S2. The Bertz CT molecular complexity index is 1140. The molecule has 7 nitrogen and oxygen atoms in total. The molecule has 0 radical (unpaired) electrons. The van der Waals surface area contributed by atoms with Gasteiger partial charge < -0.3 is 4.90 Å². The summed E-state index contributed by atoms with van der Waals surface area (Å²) >= 11 is 3.03. The van der Waals surface area contributed by atoms with Crippen LogP contribution in [0.2, 0.25) is 0 Å². The second-order valence-electron chi connectivity index (χ2n) is 7.93. The number of hydrogen-bond acceptors (Lipinski definition) is 7. The lowest BCUT2D eigenvalue weighted by Gasteiger charge is -2.31. The predicted molar refractivity (Wildman–Crippen MR) is 137 cm³/mol. The van der Waals surface area contributed by atoms with Crippen LogP contribution in [0.5, 0.6) is 0 Å². The van der Waals surface area contributed by atoms with E-state index in [0.29, 0.717) is 30.1 Å². The molecule has 176 valence electrons. The fourth-order valence-electron chi connectivity index (χ4n) is 3.81. The quantitative estimate of drug-likeness (QED) is 0.280. The van der Waals surface area contributed by atoms with Gasteiger partial charge in [-0.05, 0) is 37.1 Å². The van der Waals surface area contributed by atoms with Crippen molar-refractivity contribution in [1.82, 2.24) is 20.3 Å². The van der Waals surface area contributed by atoms with Crippen molar-refractivity contribution in [2.75, 3.05) is 30.9 Å². The summed E-state index contributed by atoms with van der Waals surface area (Å²) in [6.45, 7) is 5.05. The van der Waals surface area contributed by atoms with Crippen molar-refractivity contribution in [3.63, 3.8) is 0 Å². The summed E-state index contributed by atoms with van der Waals surface area (Å²) in [6.07, 6.45) is 5.16. The summed E-state index contributed by atoms with van der Waals surface area (Å²) in [4.78, 5) is 36.6. The number of anilines is 1. The van der Waals surface area contributed by atoms with Crippen LogP contribution in [0.3, 0.4) is 0 Å². The molecule has 1 aromatic carbocycles.